The Morgan fingerprint density at radius 2 is 2.17 bits per heavy atom. The molecule has 1 heterocycles. The molecule has 6 heteroatoms. The summed E-state index contributed by atoms with van der Waals surface area (Å²) in [6.07, 6.45) is 0.876. The van der Waals surface area contributed by atoms with Gasteiger partial charge in [-0.2, -0.15) is 0 Å². The van der Waals surface area contributed by atoms with E-state index >= 15 is 0 Å². The Morgan fingerprint density at radius 1 is 1.33 bits per heavy atom. The standard InChI is InChI=1S/C18H17BrFNO3/c19-15-8-14(20)5-6-17(15)24-11-18(22)21-9-12-7-13-3-1-2-4-16(13)23-10-12/h1-6,8,12H,7,9-11H2,(H,21,22). The van der Waals surface area contributed by atoms with Crippen LogP contribution in [0.2, 0.25) is 0 Å². The van der Waals surface area contributed by atoms with Gasteiger partial charge in [0.1, 0.15) is 17.3 Å². The van der Waals surface area contributed by atoms with Gasteiger partial charge in [0, 0.05) is 12.5 Å². The molecule has 0 saturated heterocycles. The number of carbonyl (C=O) groups is 1. The first-order valence-electron chi connectivity index (χ1n) is 7.67. The van der Waals surface area contributed by atoms with Crippen LogP contribution in [0.3, 0.4) is 0 Å². The Kier molecular flexibility index (Phi) is 5.35. The normalized spacial score (nSPS) is 16.0. The van der Waals surface area contributed by atoms with Crippen molar-refractivity contribution < 1.29 is 18.7 Å². The van der Waals surface area contributed by atoms with Crippen LogP contribution in [0, 0.1) is 11.7 Å². The predicted molar refractivity (Wildman–Crippen MR) is 91.7 cm³/mol. The van der Waals surface area contributed by atoms with E-state index in [1.807, 2.05) is 24.3 Å². The van der Waals surface area contributed by atoms with Crippen molar-refractivity contribution in [3.63, 3.8) is 0 Å². The van der Waals surface area contributed by atoms with E-state index in [4.69, 9.17) is 9.47 Å². The molecule has 1 aliphatic rings. The van der Waals surface area contributed by atoms with E-state index in [1.54, 1.807) is 0 Å². The largest absolute Gasteiger partial charge is 0.493 e. The Bertz CT molecular complexity index is 738. The molecule has 1 aliphatic heterocycles. The lowest BCUT2D eigenvalue weighted by molar-refractivity contribution is -0.123. The van der Waals surface area contributed by atoms with Gasteiger partial charge in [-0.15, -0.1) is 0 Å². The second-order valence-corrected chi connectivity index (χ2v) is 6.51. The van der Waals surface area contributed by atoms with Crippen molar-refractivity contribution in [2.45, 2.75) is 6.42 Å². The Labute approximate surface area is 148 Å². The van der Waals surface area contributed by atoms with Gasteiger partial charge in [-0.25, -0.2) is 4.39 Å². The number of hydrogen-bond acceptors (Lipinski definition) is 3. The van der Waals surface area contributed by atoms with Crippen molar-refractivity contribution >= 4 is 21.8 Å². The molecule has 1 amide bonds. The maximum Gasteiger partial charge on any atom is 0.257 e. The van der Waals surface area contributed by atoms with Crippen LogP contribution in [-0.4, -0.2) is 25.7 Å². The highest BCUT2D eigenvalue weighted by molar-refractivity contribution is 9.10. The molecule has 2 aromatic carbocycles. The monoisotopic (exact) mass is 393 g/mol. The summed E-state index contributed by atoms with van der Waals surface area (Å²) in [5.74, 6) is 1.01. The number of benzene rings is 2. The van der Waals surface area contributed by atoms with Crippen molar-refractivity contribution in [2.24, 2.45) is 5.92 Å². The maximum absolute atomic E-state index is 13.0. The lowest BCUT2D eigenvalue weighted by atomic mass is 9.97. The molecular formula is C18H17BrFNO3. The molecule has 0 fully saturated rings. The van der Waals surface area contributed by atoms with E-state index in [0.717, 1.165) is 17.7 Å². The summed E-state index contributed by atoms with van der Waals surface area (Å²) >= 11 is 3.20. The summed E-state index contributed by atoms with van der Waals surface area (Å²) in [4.78, 5) is 11.9. The summed E-state index contributed by atoms with van der Waals surface area (Å²) in [6.45, 7) is 0.997. The third-order valence-electron chi connectivity index (χ3n) is 3.80. The lowest BCUT2D eigenvalue weighted by Crippen LogP contribution is -2.37. The van der Waals surface area contributed by atoms with Crippen molar-refractivity contribution in [3.8, 4) is 11.5 Å². The zero-order valence-corrected chi connectivity index (χ0v) is 14.5. The summed E-state index contributed by atoms with van der Waals surface area (Å²) in [5, 5.41) is 2.85. The molecule has 0 saturated carbocycles. The van der Waals surface area contributed by atoms with Crippen molar-refractivity contribution in [2.75, 3.05) is 19.8 Å². The summed E-state index contributed by atoms with van der Waals surface area (Å²) in [7, 11) is 0. The molecule has 1 atom stereocenters. The summed E-state index contributed by atoms with van der Waals surface area (Å²) < 4.78 is 24.6. The van der Waals surface area contributed by atoms with Crippen LogP contribution in [0.25, 0.3) is 0 Å². The number of para-hydroxylation sites is 1. The van der Waals surface area contributed by atoms with Gasteiger partial charge in [0.15, 0.2) is 6.61 Å². The molecule has 0 bridgehead atoms. The number of halogens is 2. The topological polar surface area (TPSA) is 47.6 Å². The quantitative estimate of drug-likeness (QED) is 0.847. The number of amides is 1. The van der Waals surface area contributed by atoms with Crippen LogP contribution in [-0.2, 0) is 11.2 Å². The second kappa shape index (κ2) is 7.66. The highest BCUT2D eigenvalue weighted by atomic mass is 79.9. The molecule has 2 aromatic rings. The van der Waals surface area contributed by atoms with Gasteiger partial charge in [-0.3, -0.25) is 4.79 Å². The van der Waals surface area contributed by atoms with E-state index in [9.17, 15) is 9.18 Å². The Hall–Kier alpha value is -2.08. The number of carbonyl (C=O) groups excluding carboxylic acids is 1. The van der Waals surface area contributed by atoms with Crippen LogP contribution < -0.4 is 14.8 Å². The van der Waals surface area contributed by atoms with Crippen molar-refractivity contribution in [3.05, 3.63) is 58.3 Å². The van der Waals surface area contributed by atoms with Crippen LogP contribution in [0.15, 0.2) is 46.9 Å². The van der Waals surface area contributed by atoms with E-state index in [-0.39, 0.29) is 24.2 Å². The average Bonchev–Trinajstić information content (AvgIpc) is 2.59. The van der Waals surface area contributed by atoms with Gasteiger partial charge in [0.2, 0.25) is 0 Å². The van der Waals surface area contributed by atoms with E-state index in [0.29, 0.717) is 23.4 Å². The minimum atomic E-state index is -0.365. The zero-order chi connectivity index (χ0) is 16.9. The molecule has 4 nitrogen and oxygen atoms in total. The second-order valence-electron chi connectivity index (χ2n) is 5.66. The van der Waals surface area contributed by atoms with Gasteiger partial charge in [-0.1, -0.05) is 18.2 Å². The van der Waals surface area contributed by atoms with Crippen molar-refractivity contribution in [1.29, 1.82) is 0 Å². The highest BCUT2D eigenvalue weighted by Gasteiger charge is 2.20. The first kappa shape index (κ1) is 16.8. The lowest BCUT2D eigenvalue weighted by Gasteiger charge is -2.25. The minimum absolute atomic E-state index is 0.117. The minimum Gasteiger partial charge on any atom is -0.493 e. The SMILES string of the molecule is O=C(COc1ccc(F)cc1Br)NCC1COc2ccccc2C1. The molecule has 0 aliphatic carbocycles. The zero-order valence-electron chi connectivity index (χ0n) is 12.9. The molecule has 126 valence electrons. The molecular weight excluding hydrogens is 377 g/mol. The predicted octanol–water partition coefficient (Wildman–Crippen LogP) is 3.33. The number of fused-ring (bicyclic) bond motifs is 1. The first-order valence-corrected chi connectivity index (χ1v) is 8.46. The number of ether oxygens (including phenoxy) is 2. The summed E-state index contributed by atoms with van der Waals surface area (Å²) in [6, 6.07) is 12.0. The molecule has 0 spiro atoms. The fourth-order valence-corrected chi connectivity index (χ4v) is 3.03. The molecule has 0 radical (unpaired) electrons. The Balaban J connectivity index is 1.45. The van der Waals surface area contributed by atoms with Gasteiger partial charge >= 0.3 is 0 Å². The fourth-order valence-electron chi connectivity index (χ4n) is 2.57. The van der Waals surface area contributed by atoms with Crippen LogP contribution in [0.4, 0.5) is 4.39 Å². The van der Waals surface area contributed by atoms with Crippen molar-refractivity contribution in [1.82, 2.24) is 5.32 Å². The van der Waals surface area contributed by atoms with Crippen LogP contribution >= 0.6 is 15.9 Å². The number of nitrogens with one attached hydrogen (secondary N) is 1. The highest BCUT2D eigenvalue weighted by Crippen LogP contribution is 2.27. The van der Waals surface area contributed by atoms with E-state index < -0.39 is 0 Å². The van der Waals surface area contributed by atoms with E-state index in [1.165, 1.54) is 18.2 Å². The molecule has 0 aromatic heterocycles. The van der Waals surface area contributed by atoms with Crippen LogP contribution in [0.5, 0.6) is 11.5 Å². The molecule has 1 N–H and O–H groups in total. The molecule has 3 rings (SSSR count). The van der Waals surface area contributed by atoms with E-state index in [2.05, 4.69) is 21.2 Å². The average molecular weight is 394 g/mol. The molecule has 1 unspecified atom stereocenters. The van der Waals surface area contributed by atoms with Gasteiger partial charge < -0.3 is 14.8 Å². The third kappa shape index (κ3) is 4.26. The van der Waals surface area contributed by atoms with Gasteiger partial charge in [-0.05, 0) is 52.2 Å². The smallest absolute Gasteiger partial charge is 0.257 e. The fraction of sp³-hybridized carbons (Fsp3) is 0.278. The molecule has 24 heavy (non-hydrogen) atoms. The van der Waals surface area contributed by atoms with Crippen LogP contribution in [0.1, 0.15) is 5.56 Å². The first-order chi connectivity index (χ1) is 11.6. The number of rotatable bonds is 5. The maximum atomic E-state index is 13.0. The number of hydrogen-bond donors (Lipinski definition) is 1. The third-order valence-corrected chi connectivity index (χ3v) is 4.42. The van der Waals surface area contributed by atoms with Gasteiger partial charge in [0.25, 0.3) is 5.91 Å². The summed E-state index contributed by atoms with van der Waals surface area (Å²) in [5.41, 5.74) is 1.16. The Morgan fingerprint density at radius 3 is 3.00 bits per heavy atom. The van der Waals surface area contributed by atoms with Gasteiger partial charge in [0.05, 0.1) is 11.1 Å².